The van der Waals surface area contributed by atoms with E-state index in [0.717, 1.165) is 41.0 Å². The quantitative estimate of drug-likeness (QED) is 0.412. The molecule has 4 heterocycles. The van der Waals surface area contributed by atoms with Gasteiger partial charge in [0.2, 0.25) is 5.16 Å². The summed E-state index contributed by atoms with van der Waals surface area (Å²) in [6.07, 6.45) is 3.13. The largest absolute Gasteiger partial charge is 0.369 e. The SMILES string of the molecule is CC(N=O)c1ccc2nnc(Sc3ccc4ncc(N5CCC(N(C)C)C5)cc4c3)n2n1. The van der Waals surface area contributed by atoms with Gasteiger partial charge in [-0.05, 0) is 75.6 Å². The van der Waals surface area contributed by atoms with E-state index in [1.165, 1.54) is 11.8 Å². The summed E-state index contributed by atoms with van der Waals surface area (Å²) in [6.45, 7) is 3.77. The van der Waals surface area contributed by atoms with E-state index in [9.17, 15) is 4.91 Å². The van der Waals surface area contributed by atoms with E-state index < -0.39 is 6.04 Å². The molecule has 0 bridgehead atoms. The van der Waals surface area contributed by atoms with Crippen LogP contribution in [0.5, 0.6) is 0 Å². The minimum absolute atomic E-state index is 0.525. The predicted octanol–water partition coefficient (Wildman–Crippen LogP) is 3.79. The highest BCUT2D eigenvalue weighted by atomic mass is 32.2. The number of benzene rings is 1. The molecule has 1 aromatic carbocycles. The van der Waals surface area contributed by atoms with Gasteiger partial charge in [-0.1, -0.05) is 5.18 Å². The first-order valence-corrected chi connectivity index (χ1v) is 11.4. The molecule has 0 saturated carbocycles. The molecule has 164 valence electrons. The lowest BCUT2D eigenvalue weighted by Gasteiger charge is -2.21. The monoisotopic (exact) mass is 448 g/mol. The molecule has 2 unspecified atom stereocenters. The van der Waals surface area contributed by atoms with Crippen LogP contribution in [0.4, 0.5) is 5.69 Å². The van der Waals surface area contributed by atoms with Crippen LogP contribution in [0, 0.1) is 4.91 Å². The predicted molar refractivity (Wildman–Crippen MR) is 125 cm³/mol. The summed E-state index contributed by atoms with van der Waals surface area (Å²) < 4.78 is 1.66. The van der Waals surface area contributed by atoms with Crippen molar-refractivity contribution in [2.45, 2.75) is 35.5 Å². The topological polar surface area (TPSA) is 91.9 Å². The Hall–Kier alpha value is -3.11. The van der Waals surface area contributed by atoms with E-state index in [1.54, 1.807) is 23.6 Å². The molecule has 10 heteroatoms. The van der Waals surface area contributed by atoms with Gasteiger partial charge in [0, 0.05) is 29.4 Å². The molecule has 3 aromatic heterocycles. The Kier molecular flexibility index (Phi) is 5.48. The second kappa shape index (κ2) is 8.44. The highest BCUT2D eigenvalue weighted by Gasteiger charge is 2.24. The molecule has 0 N–H and O–H groups in total. The number of aromatic nitrogens is 5. The Morgan fingerprint density at radius 3 is 2.84 bits per heavy atom. The fourth-order valence-electron chi connectivity index (χ4n) is 3.96. The van der Waals surface area contributed by atoms with Gasteiger partial charge in [-0.25, -0.2) is 0 Å². The summed E-state index contributed by atoms with van der Waals surface area (Å²) in [6, 6.07) is 12.0. The van der Waals surface area contributed by atoms with Gasteiger partial charge >= 0.3 is 0 Å². The molecular formula is C22H24N8OS. The van der Waals surface area contributed by atoms with E-state index in [4.69, 9.17) is 0 Å². The molecule has 1 fully saturated rings. The van der Waals surface area contributed by atoms with Gasteiger partial charge in [-0.15, -0.1) is 10.2 Å². The van der Waals surface area contributed by atoms with Crippen LogP contribution in [0.1, 0.15) is 25.1 Å². The average Bonchev–Trinajstić information content (AvgIpc) is 3.46. The number of pyridine rings is 1. The van der Waals surface area contributed by atoms with E-state index in [1.807, 2.05) is 18.3 Å². The minimum Gasteiger partial charge on any atom is -0.369 e. The normalized spacial score (nSPS) is 17.5. The number of likely N-dealkylation sites (N-methyl/N-ethyl adjacent to an activating group) is 1. The highest BCUT2D eigenvalue weighted by molar-refractivity contribution is 7.99. The standard InChI is InChI=1S/C22H24N8OS/c1-14(27-31)19-6-7-21-24-25-22(30(21)26-19)32-18-4-5-20-15(11-18)10-17(12-23-20)29-9-8-16(13-29)28(2)3/h4-7,10-12,14,16H,8-9,13H2,1-3H3. The lowest BCUT2D eigenvalue weighted by molar-refractivity contribution is 0.315. The van der Waals surface area contributed by atoms with Crippen molar-refractivity contribution in [3.05, 3.63) is 53.2 Å². The second-order valence-electron chi connectivity index (χ2n) is 8.29. The number of rotatable bonds is 6. The van der Waals surface area contributed by atoms with Crippen molar-refractivity contribution in [1.29, 1.82) is 0 Å². The number of anilines is 1. The van der Waals surface area contributed by atoms with Gasteiger partial charge in [0.05, 0.1) is 23.1 Å². The molecule has 9 nitrogen and oxygen atoms in total. The fourth-order valence-corrected chi connectivity index (χ4v) is 4.80. The van der Waals surface area contributed by atoms with Crippen LogP contribution in [0.25, 0.3) is 16.6 Å². The van der Waals surface area contributed by atoms with Crippen molar-refractivity contribution in [3.8, 4) is 0 Å². The molecule has 4 aromatic rings. The van der Waals surface area contributed by atoms with Gasteiger partial charge in [0.15, 0.2) is 5.65 Å². The Labute approximate surface area is 189 Å². The molecule has 0 aliphatic carbocycles. The van der Waals surface area contributed by atoms with E-state index in [2.05, 4.69) is 61.5 Å². The summed E-state index contributed by atoms with van der Waals surface area (Å²) >= 11 is 1.48. The Balaban J connectivity index is 1.43. The summed E-state index contributed by atoms with van der Waals surface area (Å²) in [5, 5.41) is 17.8. The van der Waals surface area contributed by atoms with Crippen LogP contribution in [0.2, 0.25) is 0 Å². The molecular weight excluding hydrogens is 424 g/mol. The first-order valence-electron chi connectivity index (χ1n) is 10.6. The van der Waals surface area contributed by atoms with Crippen molar-refractivity contribution >= 4 is 34.0 Å². The number of nitrogens with zero attached hydrogens (tertiary/aromatic N) is 8. The molecule has 2 atom stereocenters. The molecule has 32 heavy (non-hydrogen) atoms. The van der Waals surface area contributed by atoms with E-state index >= 15 is 0 Å². The average molecular weight is 449 g/mol. The zero-order valence-corrected chi connectivity index (χ0v) is 19.0. The van der Waals surface area contributed by atoms with Crippen molar-refractivity contribution in [3.63, 3.8) is 0 Å². The van der Waals surface area contributed by atoms with Crippen molar-refractivity contribution in [2.24, 2.45) is 5.18 Å². The van der Waals surface area contributed by atoms with Gasteiger partial charge < -0.3 is 9.80 Å². The molecule has 0 amide bonds. The summed E-state index contributed by atoms with van der Waals surface area (Å²) in [5.41, 5.74) is 3.32. The van der Waals surface area contributed by atoms with Crippen molar-refractivity contribution < 1.29 is 0 Å². The number of fused-ring (bicyclic) bond motifs is 2. The van der Waals surface area contributed by atoms with Gasteiger partial charge in [-0.2, -0.15) is 14.5 Å². The zero-order valence-electron chi connectivity index (χ0n) is 18.2. The third-order valence-electron chi connectivity index (χ3n) is 5.95. The fraction of sp³-hybridized carbons (Fsp3) is 0.364. The zero-order chi connectivity index (χ0) is 22.2. The Morgan fingerprint density at radius 2 is 2.06 bits per heavy atom. The molecule has 1 aliphatic heterocycles. The summed E-state index contributed by atoms with van der Waals surface area (Å²) in [7, 11) is 4.27. The lowest BCUT2D eigenvalue weighted by atomic mass is 10.2. The molecule has 5 rings (SSSR count). The Bertz CT molecular complexity index is 1290. The summed E-state index contributed by atoms with van der Waals surface area (Å²) in [4.78, 5) is 21.3. The molecule has 0 spiro atoms. The second-order valence-corrected chi connectivity index (χ2v) is 9.34. The molecule has 1 aliphatic rings. The van der Waals surface area contributed by atoms with Gasteiger partial charge in [0.1, 0.15) is 6.04 Å². The van der Waals surface area contributed by atoms with Gasteiger partial charge in [0.25, 0.3) is 0 Å². The van der Waals surface area contributed by atoms with Crippen LogP contribution < -0.4 is 4.90 Å². The van der Waals surface area contributed by atoms with Crippen molar-refractivity contribution in [2.75, 3.05) is 32.1 Å². The van der Waals surface area contributed by atoms with Gasteiger partial charge in [-0.3, -0.25) is 4.98 Å². The third kappa shape index (κ3) is 3.91. The first-order chi connectivity index (χ1) is 15.5. The lowest BCUT2D eigenvalue weighted by Crippen LogP contribution is -2.31. The van der Waals surface area contributed by atoms with E-state index in [-0.39, 0.29) is 0 Å². The number of hydrogen-bond acceptors (Lipinski definition) is 9. The molecule has 0 radical (unpaired) electrons. The molecule has 1 saturated heterocycles. The van der Waals surface area contributed by atoms with Crippen LogP contribution in [-0.2, 0) is 0 Å². The Morgan fingerprint density at radius 1 is 1.19 bits per heavy atom. The number of hydrogen-bond donors (Lipinski definition) is 0. The van der Waals surface area contributed by atoms with Crippen LogP contribution in [0.3, 0.4) is 0 Å². The first kappa shape index (κ1) is 20.8. The summed E-state index contributed by atoms with van der Waals surface area (Å²) in [5.74, 6) is 0. The maximum Gasteiger partial charge on any atom is 0.217 e. The van der Waals surface area contributed by atoms with Crippen LogP contribution in [-0.4, -0.2) is 62.9 Å². The smallest absolute Gasteiger partial charge is 0.217 e. The maximum atomic E-state index is 10.9. The van der Waals surface area contributed by atoms with Crippen molar-refractivity contribution in [1.82, 2.24) is 29.7 Å². The maximum absolute atomic E-state index is 10.9. The third-order valence-corrected chi connectivity index (χ3v) is 6.87. The van der Waals surface area contributed by atoms with E-state index in [0.29, 0.717) is 22.5 Å². The highest BCUT2D eigenvalue weighted by Crippen LogP contribution is 2.31. The van der Waals surface area contributed by atoms with Crippen LogP contribution >= 0.6 is 11.8 Å². The number of nitroso groups, excluding NO2 is 1. The minimum atomic E-state index is -0.525. The van der Waals surface area contributed by atoms with Crippen LogP contribution in [0.15, 0.2) is 57.8 Å².